The predicted molar refractivity (Wildman–Crippen MR) is 200 cm³/mol. The van der Waals surface area contributed by atoms with Gasteiger partial charge < -0.3 is 18.8 Å². The molecule has 3 aromatic heterocycles. The van der Waals surface area contributed by atoms with Gasteiger partial charge in [-0.1, -0.05) is 21.1 Å². The average Bonchev–Trinajstić information content (AvgIpc) is 3.66. The number of hydrogen-bond donors (Lipinski definition) is 0. The molecule has 0 unspecified atom stereocenters. The van der Waals surface area contributed by atoms with Crippen molar-refractivity contribution in [1.82, 2.24) is 34.6 Å². The first-order valence-corrected chi connectivity index (χ1v) is 18.4. The zero-order chi connectivity index (χ0) is 37.5. The fraction of sp³-hybridized carbons (Fsp3) is 0.553. The highest BCUT2D eigenvalue weighted by Crippen LogP contribution is 2.41. The van der Waals surface area contributed by atoms with E-state index in [0.717, 1.165) is 44.4 Å². The lowest BCUT2D eigenvalue weighted by Crippen LogP contribution is -2.56. The van der Waals surface area contributed by atoms with Crippen LogP contribution in [0.25, 0.3) is 22.2 Å². The number of pyridine rings is 1. The molecule has 1 saturated heterocycles. The van der Waals surface area contributed by atoms with Crippen molar-refractivity contribution in [1.29, 1.82) is 0 Å². The molecule has 1 fully saturated rings. The van der Waals surface area contributed by atoms with Gasteiger partial charge in [0.2, 0.25) is 0 Å². The van der Waals surface area contributed by atoms with Crippen LogP contribution in [-0.2, 0) is 32.7 Å². The molecule has 1 aromatic carbocycles. The summed E-state index contributed by atoms with van der Waals surface area (Å²) in [6.45, 7) is 20.3. The van der Waals surface area contributed by atoms with E-state index in [-0.39, 0.29) is 6.10 Å². The number of methoxy groups -OCH3 is 1. The van der Waals surface area contributed by atoms with Crippen LogP contribution in [0.3, 0.4) is 0 Å². The average molecular weight is 767 g/mol. The molecule has 2 atom stereocenters. The Balaban J connectivity index is 1.58. The molecule has 0 bridgehead atoms. The number of rotatable bonds is 8. The zero-order valence-corrected chi connectivity index (χ0v) is 33.4. The maximum absolute atomic E-state index is 13.8. The number of benzene rings is 1. The minimum absolute atomic E-state index is 0.210. The van der Waals surface area contributed by atoms with E-state index >= 15 is 0 Å². The van der Waals surface area contributed by atoms with E-state index in [1.165, 1.54) is 10.0 Å². The molecular formula is C38H52BrN7O5. The second-order valence-electron chi connectivity index (χ2n) is 15.7. The number of halogens is 1. The van der Waals surface area contributed by atoms with Crippen LogP contribution in [0.2, 0.25) is 0 Å². The summed E-state index contributed by atoms with van der Waals surface area (Å²) < 4.78 is 22.5. The summed E-state index contributed by atoms with van der Waals surface area (Å²) in [7, 11) is 1.70. The second-order valence-corrected chi connectivity index (χ2v) is 16.6. The zero-order valence-electron chi connectivity index (χ0n) is 31.8. The lowest BCUT2D eigenvalue weighted by Gasteiger charge is -2.43. The highest BCUT2D eigenvalue weighted by molar-refractivity contribution is 9.10. The van der Waals surface area contributed by atoms with Gasteiger partial charge >= 0.3 is 12.2 Å². The molecule has 0 spiro atoms. The van der Waals surface area contributed by atoms with Crippen molar-refractivity contribution in [3.63, 3.8) is 0 Å². The number of carbonyl (C=O) groups is 2. The fourth-order valence-corrected chi connectivity index (χ4v) is 7.00. The molecule has 51 heavy (non-hydrogen) atoms. The second kappa shape index (κ2) is 14.6. The summed E-state index contributed by atoms with van der Waals surface area (Å²) >= 11 is 3.72. The minimum Gasteiger partial charge on any atom is -0.442 e. The van der Waals surface area contributed by atoms with Crippen molar-refractivity contribution >= 4 is 39.0 Å². The van der Waals surface area contributed by atoms with Crippen LogP contribution in [0, 0.1) is 0 Å². The molecule has 13 heteroatoms. The van der Waals surface area contributed by atoms with Crippen molar-refractivity contribution in [2.24, 2.45) is 0 Å². The van der Waals surface area contributed by atoms with Gasteiger partial charge in [-0.3, -0.25) is 4.98 Å². The van der Waals surface area contributed by atoms with Crippen molar-refractivity contribution in [3.05, 3.63) is 64.1 Å². The Kier molecular flexibility index (Phi) is 10.9. The maximum Gasteiger partial charge on any atom is 0.430 e. The molecule has 1 aliphatic heterocycles. The standard InChI is InChI=1S/C38H52BrN7O5/c1-12-43-30-18-17-25(39)21-27(30)28(33(43)26-15-13-19-40-32(26)24(2)49-11)22-38(9,10)45-23-29(41-42-45)31-16-14-20-44(34(47)50-36(3,4)5)46(31)35(48)51-37(6,7)8/h13,15,17-19,21,23-24,31H,12,14,16,20,22H2,1-11H3/t24-,31-/m0/s1. The molecule has 1 aliphatic rings. The van der Waals surface area contributed by atoms with Gasteiger partial charge in [0, 0.05) is 47.3 Å². The topological polar surface area (TPSA) is 117 Å². The molecule has 0 saturated carbocycles. The summed E-state index contributed by atoms with van der Waals surface area (Å²) in [6, 6.07) is 9.88. The highest BCUT2D eigenvalue weighted by Gasteiger charge is 2.42. The Morgan fingerprint density at radius 1 is 1.02 bits per heavy atom. The largest absolute Gasteiger partial charge is 0.442 e. The SMILES string of the molecule is CCn1c(-c2cccnc2[C@H](C)OC)c(CC(C)(C)n2cc([C@@H]3CCCN(C(=O)OC(C)(C)C)N3C(=O)OC(C)(C)C)nn2)c2cc(Br)ccc21. The molecule has 0 radical (unpaired) electrons. The first-order chi connectivity index (χ1) is 23.8. The Hall–Kier alpha value is -3.97. The van der Waals surface area contributed by atoms with Crippen LogP contribution in [0.5, 0.6) is 0 Å². The quantitative estimate of drug-likeness (QED) is 0.175. The van der Waals surface area contributed by atoms with Crippen LogP contribution in [-0.4, -0.2) is 71.6 Å². The number of ether oxygens (including phenoxy) is 3. The molecule has 0 N–H and O–H groups in total. The van der Waals surface area contributed by atoms with E-state index in [0.29, 0.717) is 31.5 Å². The Morgan fingerprint density at radius 2 is 1.71 bits per heavy atom. The summed E-state index contributed by atoms with van der Waals surface area (Å²) in [5.41, 5.74) is 3.71. The van der Waals surface area contributed by atoms with Gasteiger partial charge in [0.15, 0.2) is 0 Å². The van der Waals surface area contributed by atoms with Gasteiger partial charge in [0.05, 0.1) is 29.2 Å². The first-order valence-electron chi connectivity index (χ1n) is 17.6. The third-order valence-electron chi connectivity index (χ3n) is 8.95. The van der Waals surface area contributed by atoms with Gasteiger partial charge in [-0.15, -0.1) is 5.10 Å². The third-order valence-corrected chi connectivity index (χ3v) is 9.44. The summed E-state index contributed by atoms with van der Waals surface area (Å²) in [5, 5.41) is 13.1. The van der Waals surface area contributed by atoms with Crippen LogP contribution in [0.4, 0.5) is 9.59 Å². The lowest BCUT2D eigenvalue weighted by molar-refractivity contribution is -0.0963. The normalized spacial score (nSPS) is 16.4. The van der Waals surface area contributed by atoms with Crippen molar-refractivity contribution in [2.75, 3.05) is 13.7 Å². The molecule has 4 aromatic rings. The molecular weight excluding hydrogens is 714 g/mol. The number of aryl methyl sites for hydroxylation is 1. The number of hydrazine groups is 1. The summed E-state index contributed by atoms with van der Waals surface area (Å²) in [5.74, 6) is 0. The number of nitrogens with zero attached hydrogens (tertiary/aromatic N) is 7. The fourth-order valence-electron chi connectivity index (χ4n) is 6.64. The van der Waals surface area contributed by atoms with Gasteiger partial charge in [-0.05, 0) is 124 Å². The summed E-state index contributed by atoms with van der Waals surface area (Å²) in [4.78, 5) is 31.9. The number of amides is 2. The molecule has 2 amide bonds. The maximum atomic E-state index is 13.8. The van der Waals surface area contributed by atoms with E-state index in [9.17, 15) is 9.59 Å². The first kappa shape index (κ1) is 38.3. The van der Waals surface area contributed by atoms with Crippen LogP contribution < -0.4 is 0 Å². The van der Waals surface area contributed by atoms with E-state index in [4.69, 9.17) is 19.2 Å². The molecule has 0 aliphatic carbocycles. The molecule has 4 heterocycles. The van der Waals surface area contributed by atoms with E-state index < -0.39 is 35.0 Å². The Morgan fingerprint density at radius 3 is 2.35 bits per heavy atom. The van der Waals surface area contributed by atoms with E-state index in [1.807, 2.05) is 23.9 Å². The van der Waals surface area contributed by atoms with Gasteiger partial charge in [0.1, 0.15) is 22.9 Å². The van der Waals surface area contributed by atoms with Crippen molar-refractivity contribution < 1.29 is 23.8 Å². The predicted octanol–water partition coefficient (Wildman–Crippen LogP) is 8.99. The lowest BCUT2D eigenvalue weighted by atomic mass is 9.90. The number of hydrogen-bond acceptors (Lipinski definition) is 8. The third kappa shape index (κ3) is 8.25. The molecule has 276 valence electrons. The number of carbonyl (C=O) groups excluding carboxylic acids is 2. The van der Waals surface area contributed by atoms with Crippen molar-refractivity contribution in [3.8, 4) is 11.3 Å². The van der Waals surface area contributed by atoms with Gasteiger partial charge in [0.25, 0.3) is 0 Å². The smallest absolute Gasteiger partial charge is 0.430 e. The van der Waals surface area contributed by atoms with Crippen LogP contribution in [0.15, 0.2) is 47.2 Å². The van der Waals surface area contributed by atoms with Gasteiger partial charge in [-0.2, -0.15) is 0 Å². The monoisotopic (exact) mass is 765 g/mol. The highest BCUT2D eigenvalue weighted by atomic mass is 79.9. The van der Waals surface area contributed by atoms with Crippen LogP contribution >= 0.6 is 15.9 Å². The number of fused-ring (bicyclic) bond motifs is 1. The van der Waals surface area contributed by atoms with E-state index in [2.05, 4.69) is 75.8 Å². The Bertz CT molecular complexity index is 1890. The van der Waals surface area contributed by atoms with Crippen molar-refractivity contribution in [2.45, 2.75) is 124 Å². The number of aromatic nitrogens is 5. The summed E-state index contributed by atoms with van der Waals surface area (Å²) in [6.07, 6.45) is 4.03. The minimum atomic E-state index is -0.780. The van der Waals surface area contributed by atoms with Gasteiger partial charge in [-0.25, -0.2) is 24.3 Å². The Labute approximate surface area is 309 Å². The molecule has 5 rings (SSSR count). The van der Waals surface area contributed by atoms with Crippen LogP contribution in [0.1, 0.15) is 111 Å². The molecule has 12 nitrogen and oxygen atoms in total. The van der Waals surface area contributed by atoms with E-state index in [1.54, 1.807) is 54.8 Å².